The van der Waals surface area contributed by atoms with Crippen LogP contribution < -0.4 is 18.9 Å². The second-order valence-electron chi connectivity index (χ2n) is 11.5. The summed E-state index contributed by atoms with van der Waals surface area (Å²) in [6, 6.07) is 14.0. The van der Waals surface area contributed by atoms with Crippen LogP contribution in [0.4, 0.5) is 0 Å². The lowest BCUT2D eigenvalue weighted by molar-refractivity contribution is 0.392. The van der Waals surface area contributed by atoms with Crippen LogP contribution in [0.2, 0.25) is 0 Å². The summed E-state index contributed by atoms with van der Waals surface area (Å²) in [5.74, 6) is 0.645. The molecule has 0 fully saturated rings. The summed E-state index contributed by atoms with van der Waals surface area (Å²) in [7, 11) is 6.18. The first-order chi connectivity index (χ1) is 20.9. The highest BCUT2D eigenvalue weighted by Crippen LogP contribution is 2.49. The molecule has 8 bridgehead atoms. The molecule has 44 heavy (non-hydrogen) atoms. The third-order valence-electron chi connectivity index (χ3n) is 9.25. The van der Waals surface area contributed by atoms with Crippen molar-refractivity contribution in [2.75, 3.05) is 28.4 Å². The highest BCUT2D eigenvalue weighted by atomic mass is 16.5. The van der Waals surface area contributed by atoms with Crippen LogP contribution in [0.15, 0.2) is 48.5 Å². The number of fused-ring (bicyclic) bond motifs is 8. The van der Waals surface area contributed by atoms with E-state index in [0.29, 0.717) is 45.3 Å². The summed E-state index contributed by atoms with van der Waals surface area (Å²) >= 11 is 0. The lowest BCUT2D eigenvalue weighted by atomic mass is 9.80. The normalized spacial score (nSPS) is 19.3. The van der Waals surface area contributed by atoms with Gasteiger partial charge in [-0.2, -0.15) is 0 Å². The number of benzene rings is 4. The molecule has 1 aliphatic carbocycles. The van der Waals surface area contributed by atoms with Crippen molar-refractivity contribution < 1.29 is 39.4 Å². The molecule has 4 aromatic carbocycles. The van der Waals surface area contributed by atoms with Gasteiger partial charge >= 0.3 is 0 Å². The summed E-state index contributed by atoms with van der Waals surface area (Å²) in [6.45, 7) is 7.86. The molecule has 0 unspecified atom stereocenters. The van der Waals surface area contributed by atoms with Crippen LogP contribution in [0.5, 0.6) is 46.0 Å². The van der Waals surface area contributed by atoms with E-state index in [4.69, 9.17) is 18.9 Å². The van der Waals surface area contributed by atoms with E-state index in [2.05, 4.69) is 0 Å². The minimum absolute atomic E-state index is 0.0502. The van der Waals surface area contributed by atoms with Gasteiger partial charge in [-0.1, -0.05) is 27.7 Å². The highest BCUT2D eigenvalue weighted by Gasteiger charge is 2.29. The van der Waals surface area contributed by atoms with Crippen molar-refractivity contribution in [3.05, 3.63) is 93.0 Å². The summed E-state index contributed by atoms with van der Waals surface area (Å²) in [5.41, 5.74) is 5.58. The Balaban J connectivity index is 1.91. The van der Waals surface area contributed by atoms with E-state index < -0.39 is 0 Å². The number of phenols is 4. The first kappa shape index (κ1) is 30.7. The zero-order chi connectivity index (χ0) is 32.0. The summed E-state index contributed by atoms with van der Waals surface area (Å²) in [6.07, 6.45) is 0. The summed E-state index contributed by atoms with van der Waals surface area (Å²) < 4.78 is 22.8. The Labute approximate surface area is 258 Å². The molecular weight excluding hydrogens is 560 g/mol. The standard InChI is InChI=1S/C36H40O8/c1-17-21-9-26(34(42-6)13-29(21)37)19(3)23-11-28(36(44-8)15-31(23)39)20(4)24-12-27(35(43-7)16-32(24)40)18(2)22-10-25(17)33(41-5)14-30(22)38/h9-20,37-40H,1-8H3/t17-,18-,19-,20-/m1/s1. The fourth-order valence-electron chi connectivity index (χ4n) is 6.53. The molecule has 8 nitrogen and oxygen atoms in total. The molecule has 0 saturated carbocycles. The second-order valence-corrected chi connectivity index (χ2v) is 11.5. The molecule has 4 atom stereocenters. The Kier molecular flexibility index (Phi) is 8.21. The zero-order valence-electron chi connectivity index (χ0n) is 26.4. The molecule has 4 aromatic rings. The molecule has 4 N–H and O–H groups in total. The van der Waals surface area contributed by atoms with Crippen molar-refractivity contribution in [2.45, 2.75) is 51.4 Å². The fraction of sp³-hybridized carbons (Fsp3) is 0.333. The van der Waals surface area contributed by atoms with Crippen molar-refractivity contribution >= 4 is 0 Å². The topological polar surface area (TPSA) is 118 Å². The second kappa shape index (κ2) is 11.8. The average molecular weight is 601 g/mol. The van der Waals surface area contributed by atoms with Gasteiger partial charge in [0.25, 0.3) is 0 Å². The van der Waals surface area contributed by atoms with Crippen LogP contribution in [0.25, 0.3) is 0 Å². The third kappa shape index (κ3) is 4.98. The Morgan fingerprint density at radius 3 is 0.682 bits per heavy atom. The fourth-order valence-corrected chi connectivity index (χ4v) is 6.53. The molecule has 0 radical (unpaired) electrons. The summed E-state index contributed by atoms with van der Waals surface area (Å²) in [5, 5.41) is 44.9. The number of rotatable bonds is 4. The predicted octanol–water partition coefficient (Wildman–Crippen LogP) is 7.46. The van der Waals surface area contributed by atoms with Crippen molar-refractivity contribution in [3.8, 4) is 46.0 Å². The Hall–Kier alpha value is -4.72. The van der Waals surface area contributed by atoms with Gasteiger partial charge in [0, 0.05) is 92.4 Å². The lowest BCUT2D eigenvalue weighted by Gasteiger charge is -2.27. The van der Waals surface area contributed by atoms with Gasteiger partial charge in [-0.3, -0.25) is 0 Å². The van der Waals surface area contributed by atoms with Gasteiger partial charge in [-0.25, -0.2) is 0 Å². The number of ether oxygens (including phenoxy) is 4. The number of hydrogen-bond acceptors (Lipinski definition) is 8. The van der Waals surface area contributed by atoms with E-state index in [0.717, 1.165) is 22.3 Å². The van der Waals surface area contributed by atoms with Crippen LogP contribution in [0, 0.1) is 0 Å². The Bertz CT molecular complexity index is 1470. The van der Waals surface area contributed by atoms with Gasteiger partial charge in [0.05, 0.1) is 28.4 Å². The predicted molar refractivity (Wildman–Crippen MR) is 169 cm³/mol. The summed E-state index contributed by atoms with van der Waals surface area (Å²) in [4.78, 5) is 0. The maximum atomic E-state index is 11.2. The molecule has 0 aliphatic heterocycles. The van der Waals surface area contributed by atoms with Gasteiger partial charge in [0.15, 0.2) is 0 Å². The molecule has 5 rings (SSSR count). The van der Waals surface area contributed by atoms with Crippen LogP contribution >= 0.6 is 0 Å². The maximum absolute atomic E-state index is 11.2. The van der Waals surface area contributed by atoms with E-state index in [1.54, 1.807) is 52.7 Å². The van der Waals surface area contributed by atoms with Crippen LogP contribution in [-0.2, 0) is 0 Å². The van der Waals surface area contributed by atoms with Crippen molar-refractivity contribution in [1.82, 2.24) is 0 Å². The van der Waals surface area contributed by atoms with Gasteiger partial charge in [0.1, 0.15) is 46.0 Å². The van der Waals surface area contributed by atoms with E-state index in [-0.39, 0.29) is 46.7 Å². The number of phenolic OH excluding ortho intramolecular Hbond substituents is 4. The Morgan fingerprint density at radius 1 is 0.341 bits per heavy atom. The van der Waals surface area contributed by atoms with E-state index in [1.807, 2.05) is 52.0 Å². The van der Waals surface area contributed by atoms with E-state index in [9.17, 15) is 20.4 Å². The highest BCUT2D eigenvalue weighted by molar-refractivity contribution is 5.62. The average Bonchev–Trinajstić information content (AvgIpc) is 3.02. The maximum Gasteiger partial charge on any atom is 0.126 e. The van der Waals surface area contributed by atoms with E-state index >= 15 is 0 Å². The monoisotopic (exact) mass is 600 g/mol. The van der Waals surface area contributed by atoms with Crippen molar-refractivity contribution in [2.24, 2.45) is 0 Å². The number of methoxy groups -OCH3 is 4. The van der Waals surface area contributed by atoms with Gasteiger partial charge in [-0.05, 0) is 24.3 Å². The molecule has 0 aromatic heterocycles. The molecule has 1 aliphatic rings. The third-order valence-corrected chi connectivity index (χ3v) is 9.25. The molecule has 0 saturated heterocycles. The number of aromatic hydroxyl groups is 4. The molecule has 232 valence electrons. The van der Waals surface area contributed by atoms with Crippen molar-refractivity contribution in [1.29, 1.82) is 0 Å². The van der Waals surface area contributed by atoms with Gasteiger partial charge in [-0.15, -0.1) is 0 Å². The van der Waals surface area contributed by atoms with Crippen molar-refractivity contribution in [3.63, 3.8) is 0 Å². The molecule has 0 heterocycles. The van der Waals surface area contributed by atoms with Gasteiger partial charge < -0.3 is 39.4 Å². The van der Waals surface area contributed by atoms with Gasteiger partial charge in [0.2, 0.25) is 0 Å². The van der Waals surface area contributed by atoms with Crippen LogP contribution in [-0.4, -0.2) is 48.9 Å². The smallest absolute Gasteiger partial charge is 0.126 e. The minimum Gasteiger partial charge on any atom is -0.508 e. The first-order valence-corrected chi connectivity index (χ1v) is 14.6. The molecule has 0 amide bonds. The molecular formula is C36H40O8. The lowest BCUT2D eigenvalue weighted by Crippen LogP contribution is -2.09. The first-order valence-electron chi connectivity index (χ1n) is 14.6. The molecule has 0 spiro atoms. The van der Waals surface area contributed by atoms with E-state index in [1.165, 1.54) is 0 Å². The number of hydrogen-bond donors (Lipinski definition) is 4. The minimum atomic E-state index is -0.362. The quantitative estimate of drug-likeness (QED) is 0.191. The van der Waals surface area contributed by atoms with Crippen LogP contribution in [0.3, 0.4) is 0 Å². The largest absolute Gasteiger partial charge is 0.508 e. The Morgan fingerprint density at radius 2 is 0.523 bits per heavy atom. The molecule has 8 heteroatoms. The SMILES string of the molecule is COc1cc(O)c2cc1[C@H](C)c1cc(c(OC)cc1O)[C@H](C)c1cc(c(OC)cc1O)[C@H](C)c1cc(c(OC)cc1O)[C@@H]2C. The van der Waals surface area contributed by atoms with Crippen LogP contribution in [0.1, 0.15) is 95.9 Å². The zero-order valence-corrected chi connectivity index (χ0v) is 26.4.